The molecule has 5 nitrogen and oxygen atoms in total. The first-order chi connectivity index (χ1) is 10.6. The van der Waals surface area contributed by atoms with Gasteiger partial charge in [-0.2, -0.15) is 0 Å². The summed E-state index contributed by atoms with van der Waals surface area (Å²) >= 11 is 0. The summed E-state index contributed by atoms with van der Waals surface area (Å²) in [5, 5.41) is 14.0. The van der Waals surface area contributed by atoms with Crippen LogP contribution in [0.4, 0.5) is 5.69 Å². The van der Waals surface area contributed by atoms with Crippen LogP contribution in [-0.2, 0) is 4.79 Å². The van der Waals surface area contributed by atoms with Gasteiger partial charge in [-0.1, -0.05) is 42.5 Å². The van der Waals surface area contributed by atoms with E-state index in [9.17, 15) is 19.5 Å². The molecule has 0 saturated carbocycles. The highest BCUT2D eigenvalue weighted by atomic mass is 16.4. The Bertz CT molecular complexity index is 836. The molecule has 1 aliphatic carbocycles. The number of carboxylic acid groups (broad SMARTS) is 1. The molecular formula is C17H10NO4-. The molecule has 108 valence electrons. The van der Waals surface area contributed by atoms with Crippen LogP contribution in [0.15, 0.2) is 54.6 Å². The van der Waals surface area contributed by atoms with Gasteiger partial charge in [-0.05, 0) is 6.07 Å². The minimum atomic E-state index is -1.32. The molecule has 2 aromatic rings. The van der Waals surface area contributed by atoms with E-state index in [0.29, 0.717) is 22.5 Å². The number of ketones is 2. The molecule has 0 fully saturated rings. The minimum absolute atomic E-state index is 0.0229. The van der Waals surface area contributed by atoms with Gasteiger partial charge >= 0.3 is 0 Å². The summed E-state index contributed by atoms with van der Waals surface area (Å²) in [5.41, 5.74) is 1.51. The van der Waals surface area contributed by atoms with E-state index in [1.54, 1.807) is 42.5 Å². The van der Waals surface area contributed by atoms with Crippen LogP contribution in [0, 0.1) is 0 Å². The molecule has 0 aromatic heterocycles. The van der Waals surface area contributed by atoms with E-state index in [-0.39, 0.29) is 5.56 Å². The third kappa shape index (κ3) is 2.29. The summed E-state index contributed by atoms with van der Waals surface area (Å²) in [6.45, 7) is 0. The second-order valence-electron chi connectivity index (χ2n) is 4.76. The van der Waals surface area contributed by atoms with Gasteiger partial charge < -0.3 is 15.2 Å². The lowest BCUT2D eigenvalue weighted by molar-refractivity contribution is -0.254. The lowest BCUT2D eigenvalue weighted by atomic mass is 9.92. The molecule has 3 rings (SSSR count). The van der Waals surface area contributed by atoms with Crippen LogP contribution in [0.1, 0.15) is 26.3 Å². The Kier molecular flexibility index (Phi) is 3.31. The number of para-hydroxylation sites is 1. The highest BCUT2D eigenvalue weighted by molar-refractivity contribution is 6.50. The number of benzene rings is 2. The molecule has 1 aliphatic rings. The fourth-order valence-corrected chi connectivity index (χ4v) is 2.34. The van der Waals surface area contributed by atoms with Crippen LogP contribution in [0.5, 0.6) is 0 Å². The van der Waals surface area contributed by atoms with E-state index < -0.39 is 17.5 Å². The maximum Gasteiger partial charge on any atom is 0.233 e. The number of carbonyl (C=O) groups is 3. The quantitative estimate of drug-likeness (QED) is 0.861. The maximum atomic E-state index is 11.9. The molecule has 1 N–H and O–H groups in total. The molecule has 0 unspecified atom stereocenters. The summed E-state index contributed by atoms with van der Waals surface area (Å²) in [7, 11) is 0. The van der Waals surface area contributed by atoms with Gasteiger partial charge in [0.15, 0.2) is 0 Å². The Labute approximate surface area is 125 Å². The predicted octanol–water partition coefficient (Wildman–Crippen LogP) is 1.27. The number of fused-ring (bicyclic) bond motifs is 1. The molecule has 0 heterocycles. The third-order valence-corrected chi connectivity index (χ3v) is 3.38. The number of rotatable bonds is 3. The number of hydrogen-bond acceptors (Lipinski definition) is 5. The zero-order valence-corrected chi connectivity index (χ0v) is 11.3. The molecular weight excluding hydrogens is 282 g/mol. The summed E-state index contributed by atoms with van der Waals surface area (Å²) in [6.07, 6.45) is 1.18. The topological polar surface area (TPSA) is 86.3 Å². The summed E-state index contributed by atoms with van der Waals surface area (Å²) in [5.74, 6) is -2.54. The fraction of sp³-hybridized carbons (Fsp3) is 0. The van der Waals surface area contributed by atoms with E-state index in [1.165, 1.54) is 12.1 Å². The van der Waals surface area contributed by atoms with Crippen molar-refractivity contribution in [2.45, 2.75) is 0 Å². The SMILES string of the molecule is O=C1C=C(Nc2ccccc2C(=O)[O-])c2ccccc2C1=O. The van der Waals surface area contributed by atoms with Gasteiger partial charge in [0.2, 0.25) is 11.6 Å². The van der Waals surface area contributed by atoms with E-state index in [2.05, 4.69) is 5.32 Å². The number of anilines is 1. The minimum Gasteiger partial charge on any atom is -0.545 e. The van der Waals surface area contributed by atoms with Gasteiger partial charge in [0.05, 0.1) is 11.7 Å². The summed E-state index contributed by atoms with van der Waals surface area (Å²) in [6, 6.07) is 12.9. The number of aromatic carboxylic acids is 1. The van der Waals surface area contributed by atoms with Gasteiger partial charge in [-0.3, -0.25) is 9.59 Å². The van der Waals surface area contributed by atoms with Gasteiger partial charge in [0.1, 0.15) is 0 Å². The highest BCUT2D eigenvalue weighted by Crippen LogP contribution is 2.27. The van der Waals surface area contributed by atoms with Crippen LogP contribution in [-0.4, -0.2) is 17.5 Å². The lowest BCUT2D eigenvalue weighted by Gasteiger charge is -2.19. The third-order valence-electron chi connectivity index (χ3n) is 3.38. The molecule has 5 heteroatoms. The molecule has 0 bridgehead atoms. The standard InChI is InChI=1S/C17H11NO4/c19-15-9-14(10-5-1-2-6-11(10)16(15)20)18-13-8-4-3-7-12(13)17(21)22/h1-9,18H,(H,21,22)/p-1. The Hall–Kier alpha value is -3.21. The van der Waals surface area contributed by atoms with Crippen molar-refractivity contribution in [1.82, 2.24) is 0 Å². The molecule has 0 radical (unpaired) electrons. The van der Waals surface area contributed by atoms with E-state index in [4.69, 9.17) is 0 Å². The van der Waals surface area contributed by atoms with Crippen molar-refractivity contribution >= 4 is 28.9 Å². The molecule has 0 saturated heterocycles. The smallest absolute Gasteiger partial charge is 0.233 e. The number of hydrogen-bond donors (Lipinski definition) is 1. The summed E-state index contributed by atoms with van der Waals surface area (Å²) < 4.78 is 0. The average Bonchev–Trinajstić information content (AvgIpc) is 2.53. The van der Waals surface area contributed by atoms with Gasteiger partial charge in [0.25, 0.3) is 0 Å². The van der Waals surface area contributed by atoms with Crippen molar-refractivity contribution in [2.75, 3.05) is 5.32 Å². The Morgan fingerprint density at radius 1 is 0.909 bits per heavy atom. The largest absolute Gasteiger partial charge is 0.545 e. The number of carboxylic acids is 1. The number of allylic oxidation sites excluding steroid dienone is 1. The fourth-order valence-electron chi connectivity index (χ4n) is 2.34. The molecule has 2 aromatic carbocycles. The Balaban J connectivity index is 2.07. The van der Waals surface area contributed by atoms with E-state index >= 15 is 0 Å². The molecule has 0 amide bonds. The zero-order chi connectivity index (χ0) is 15.7. The van der Waals surface area contributed by atoms with Crippen LogP contribution in [0.2, 0.25) is 0 Å². The van der Waals surface area contributed by atoms with Crippen molar-refractivity contribution in [1.29, 1.82) is 0 Å². The van der Waals surface area contributed by atoms with Crippen molar-refractivity contribution in [3.8, 4) is 0 Å². The van der Waals surface area contributed by atoms with Crippen LogP contribution < -0.4 is 10.4 Å². The number of carbonyl (C=O) groups excluding carboxylic acids is 3. The Morgan fingerprint density at radius 3 is 2.27 bits per heavy atom. The molecule has 22 heavy (non-hydrogen) atoms. The van der Waals surface area contributed by atoms with Crippen LogP contribution in [0.25, 0.3) is 5.70 Å². The van der Waals surface area contributed by atoms with E-state index in [1.807, 2.05) is 0 Å². The Morgan fingerprint density at radius 2 is 1.55 bits per heavy atom. The van der Waals surface area contributed by atoms with Crippen molar-refractivity contribution < 1.29 is 19.5 Å². The first-order valence-corrected chi connectivity index (χ1v) is 6.55. The lowest BCUT2D eigenvalue weighted by Crippen LogP contribution is -2.24. The van der Waals surface area contributed by atoms with Crippen LogP contribution >= 0.6 is 0 Å². The van der Waals surface area contributed by atoms with E-state index in [0.717, 1.165) is 0 Å². The highest BCUT2D eigenvalue weighted by Gasteiger charge is 2.25. The first kappa shape index (κ1) is 13.8. The van der Waals surface area contributed by atoms with Gasteiger partial charge in [-0.15, -0.1) is 0 Å². The van der Waals surface area contributed by atoms with Crippen molar-refractivity contribution in [3.63, 3.8) is 0 Å². The van der Waals surface area contributed by atoms with Crippen LogP contribution in [0.3, 0.4) is 0 Å². The monoisotopic (exact) mass is 292 g/mol. The molecule has 0 atom stereocenters. The predicted molar refractivity (Wildman–Crippen MR) is 78.2 cm³/mol. The normalized spacial score (nSPS) is 13.4. The average molecular weight is 292 g/mol. The molecule has 0 aliphatic heterocycles. The maximum absolute atomic E-state index is 11.9. The summed E-state index contributed by atoms with van der Waals surface area (Å²) in [4.78, 5) is 34.8. The first-order valence-electron chi connectivity index (χ1n) is 6.55. The second-order valence-corrected chi connectivity index (χ2v) is 4.76. The number of nitrogens with one attached hydrogen (secondary N) is 1. The van der Waals surface area contributed by atoms with Gasteiger partial charge in [0, 0.05) is 28.5 Å². The second kappa shape index (κ2) is 5.29. The van der Waals surface area contributed by atoms with Crippen molar-refractivity contribution in [2.24, 2.45) is 0 Å². The van der Waals surface area contributed by atoms with Gasteiger partial charge in [-0.25, -0.2) is 0 Å². The van der Waals surface area contributed by atoms with Crippen molar-refractivity contribution in [3.05, 3.63) is 71.3 Å². The molecule has 0 spiro atoms. The zero-order valence-electron chi connectivity index (χ0n) is 11.3. The number of Topliss-reactive ketones (excluding diaryl/α,β-unsaturated/α-hetero) is 1.